The molecule has 0 fully saturated rings. The number of benzene rings is 1. The fourth-order valence-electron chi connectivity index (χ4n) is 1.96. The quantitative estimate of drug-likeness (QED) is 0.798. The average Bonchev–Trinajstić information content (AvgIpc) is 3.17. The maximum absolute atomic E-state index is 12.3. The number of anilines is 1. The highest BCUT2D eigenvalue weighted by molar-refractivity contribution is 7.08. The summed E-state index contributed by atoms with van der Waals surface area (Å²) in [6.07, 6.45) is 0. The first kappa shape index (κ1) is 14.3. The third-order valence-electron chi connectivity index (χ3n) is 3.09. The van der Waals surface area contributed by atoms with Crippen molar-refractivity contribution in [3.05, 3.63) is 46.2 Å². The number of nitrogens with one attached hydrogen (secondary N) is 1. The number of carbonyl (C=O) groups excluding carboxylic acids is 1. The molecule has 0 saturated heterocycles. The lowest BCUT2D eigenvalue weighted by Gasteiger charge is -2.06. The summed E-state index contributed by atoms with van der Waals surface area (Å²) in [5, 5.41) is 14.2. The van der Waals surface area contributed by atoms with E-state index in [2.05, 4.69) is 15.5 Å². The Morgan fingerprint density at radius 2 is 2.18 bits per heavy atom. The predicted octanol–water partition coefficient (Wildman–Crippen LogP) is 3.37. The van der Waals surface area contributed by atoms with E-state index >= 15 is 0 Å². The van der Waals surface area contributed by atoms with E-state index in [0.717, 1.165) is 11.1 Å². The van der Waals surface area contributed by atoms with Crippen LogP contribution in [-0.2, 0) is 0 Å². The van der Waals surface area contributed by atoms with Gasteiger partial charge in [-0.3, -0.25) is 10.1 Å². The van der Waals surface area contributed by atoms with Crippen LogP contribution in [0, 0.1) is 6.92 Å². The molecule has 0 bridgehead atoms. The Hall–Kier alpha value is -2.67. The molecule has 3 aromatic rings. The molecule has 0 atom stereocenters. The zero-order chi connectivity index (χ0) is 15.5. The summed E-state index contributed by atoms with van der Waals surface area (Å²) >= 11 is 1.53. The lowest BCUT2D eigenvalue weighted by molar-refractivity contribution is 0.102. The normalized spacial score (nSPS) is 10.5. The summed E-state index contributed by atoms with van der Waals surface area (Å²) in [6, 6.07) is 7.16. The van der Waals surface area contributed by atoms with E-state index < -0.39 is 0 Å². The van der Waals surface area contributed by atoms with Gasteiger partial charge in [0, 0.05) is 16.5 Å². The largest absolute Gasteiger partial charge is 0.497 e. The van der Waals surface area contributed by atoms with Crippen LogP contribution in [0.15, 0.2) is 39.4 Å². The van der Waals surface area contributed by atoms with Crippen LogP contribution < -0.4 is 10.1 Å². The fourth-order valence-corrected chi connectivity index (χ4v) is 2.59. The smallest absolute Gasteiger partial charge is 0.322 e. The van der Waals surface area contributed by atoms with Crippen molar-refractivity contribution < 1.29 is 13.9 Å². The molecule has 112 valence electrons. The van der Waals surface area contributed by atoms with Crippen LogP contribution in [-0.4, -0.2) is 23.2 Å². The number of carbonyl (C=O) groups is 1. The van der Waals surface area contributed by atoms with E-state index in [4.69, 9.17) is 9.15 Å². The van der Waals surface area contributed by atoms with Gasteiger partial charge in [-0.1, -0.05) is 5.10 Å². The molecule has 0 spiro atoms. The van der Waals surface area contributed by atoms with E-state index in [-0.39, 0.29) is 11.9 Å². The van der Waals surface area contributed by atoms with Crippen LogP contribution in [0.4, 0.5) is 6.01 Å². The second kappa shape index (κ2) is 5.98. The Bertz CT molecular complexity index is 796. The number of rotatable bonds is 4. The molecule has 2 heterocycles. The molecule has 2 aromatic heterocycles. The Morgan fingerprint density at radius 1 is 1.32 bits per heavy atom. The summed E-state index contributed by atoms with van der Waals surface area (Å²) in [5.74, 6) is 0.773. The molecule has 1 amide bonds. The van der Waals surface area contributed by atoms with E-state index in [0.29, 0.717) is 17.2 Å². The van der Waals surface area contributed by atoms with Crippen molar-refractivity contribution in [1.29, 1.82) is 0 Å². The van der Waals surface area contributed by atoms with Crippen LogP contribution in [0.2, 0.25) is 0 Å². The maximum Gasteiger partial charge on any atom is 0.322 e. The first-order chi connectivity index (χ1) is 10.7. The molecular weight excluding hydrogens is 302 g/mol. The number of aryl methyl sites for hydroxylation is 1. The zero-order valence-corrected chi connectivity index (χ0v) is 12.8. The number of aromatic nitrogens is 2. The van der Waals surface area contributed by atoms with Crippen LogP contribution in [0.3, 0.4) is 0 Å². The third kappa shape index (κ3) is 2.84. The summed E-state index contributed by atoms with van der Waals surface area (Å²) in [6.45, 7) is 1.84. The Morgan fingerprint density at radius 3 is 2.86 bits per heavy atom. The first-order valence-corrected chi connectivity index (χ1v) is 7.43. The predicted molar refractivity (Wildman–Crippen MR) is 83.3 cm³/mol. The van der Waals surface area contributed by atoms with Gasteiger partial charge < -0.3 is 9.15 Å². The lowest BCUT2D eigenvalue weighted by atomic mass is 10.1. The van der Waals surface area contributed by atoms with E-state index in [1.54, 1.807) is 25.3 Å². The summed E-state index contributed by atoms with van der Waals surface area (Å²) in [4.78, 5) is 12.3. The Kier molecular flexibility index (Phi) is 3.88. The topological polar surface area (TPSA) is 77.2 Å². The molecule has 7 heteroatoms. The number of thiophene rings is 1. The van der Waals surface area contributed by atoms with Crippen molar-refractivity contribution in [2.24, 2.45) is 0 Å². The van der Waals surface area contributed by atoms with Crippen molar-refractivity contribution >= 4 is 23.3 Å². The minimum absolute atomic E-state index is 0.0708. The molecule has 0 aliphatic heterocycles. The Balaban J connectivity index is 1.77. The number of hydrogen-bond donors (Lipinski definition) is 1. The van der Waals surface area contributed by atoms with Gasteiger partial charge in [0.15, 0.2) is 0 Å². The third-order valence-corrected chi connectivity index (χ3v) is 3.78. The minimum Gasteiger partial charge on any atom is -0.497 e. The van der Waals surface area contributed by atoms with E-state index in [1.807, 2.05) is 23.8 Å². The Labute approximate surface area is 130 Å². The molecule has 0 saturated carbocycles. The van der Waals surface area contributed by atoms with Crippen molar-refractivity contribution in [3.8, 4) is 17.2 Å². The van der Waals surface area contributed by atoms with Crippen molar-refractivity contribution in [2.45, 2.75) is 6.92 Å². The standard InChI is InChI=1S/C15H13N3O3S/c1-9-7-11(20-2)3-4-12(9)13(19)16-15-18-17-14(21-15)10-5-6-22-8-10/h3-8H,1-2H3,(H,16,18,19). The SMILES string of the molecule is COc1ccc(C(=O)Nc2nnc(-c3ccsc3)o2)c(C)c1. The molecule has 1 N–H and O–H groups in total. The van der Waals surface area contributed by atoms with E-state index in [1.165, 1.54) is 11.3 Å². The molecule has 3 rings (SSSR count). The van der Waals surface area contributed by atoms with Gasteiger partial charge in [0.05, 0.1) is 7.11 Å². The van der Waals surface area contributed by atoms with Crippen LogP contribution in [0.25, 0.3) is 11.5 Å². The molecule has 6 nitrogen and oxygen atoms in total. The average molecular weight is 315 g/mol. The summed E-state index contributed by atoms with van der Waals surface area (Å²) in [5.41, 5.74) is 2.16. The first-order valence-electron chi connectivity index (χ1n) is 6.49. The fraction of sp³-hybridized carbons (Fsp3) is 0.133. The van der Waals surface area contributed by atoms with Gasteiger partial charge in [0.2, 0.25) is 0 Å². The van der Waals surface area contributed by atoms with Crippen LogP contribution >= 0.6 is 11.3 Å². The number of ether oxygens (including phenoxy) is 1. The lowest BCUT2D eigenvalue weighted by Crippen LogP contribution is -2.13. The molecule has 22 heavy (non-hydrogen) atoms. The highest BCUT2D eigenvalue weighted by Gasteiger charge is 2.14. The molecule has 0 unspecified atom stereocenters. The van der Waals surface area contributed by atoms with Crippen molar-refractivity contribution in [1.82, 2.24) is 10.2 Å². The summed E-state index contributed by atoms with van der Waals surface area (Å²) < 4.78 is 10.6. The monoisotopic (exact) mass is 315 g/mol. The number of nitrogens with zero attached hydrogens (tertiary/aromatic N) is 2. The van der Waals surface area contributed by atoms with Gasteiger partial charge in [-0.25, -0.2) is 0 Å². The van der Waals surface area contributed by atoms with Crippen molar-refractivity contribution in [3.63, 3.8) is 0 Å². The molecule has 0 aliphatic rings. The molecule has 0 radical (unpaired) electrons. The number of amides is 1. The minimum atomic E-state index is -0.305. The highest BCUT2D eigenvalue weighted by atomic mass is 32.1. The highest BCUT2D eigenvalue weighted by Crippen LogP contribution is 2.23. The van der Waals surface area contributed by atoms with Gasteiger partial charge in [-0.05, 0) is 42.1 Å². The van der Waals surface area contributed by atoms with Crippen LogP contribution in [0.5, 0.6) is 5.75 Å². The van der Waals surface area contributed by atoms with Gasteiger partial charge in [0.25, 0.3) is 11.8 Å². The van der Waals surface area contributed by atoms with Gasteiger partial charge in [-0.2, -0.15) is 11.3 Å². The van der Waals surface area contributed by atoms with Crippen LogP contribution in [0.1, 0.15) is 15.9 Å². The van der Waals surface area contributed by atoms with E-state index in [9.17, 15) is 4.79 Å². The molecular formula is C15H13N3O3S. The van der Waals surface area contributed by atoms with Gasteiger partial charge >= 0.3 is 6.01 Å². The number of hydrogen-bond acceptors (Lipinski definition) is 6. The van der Waals surface area contributed by atoms with Gasteiger partial charge in [-0.15, -0.1) is 5.10 Å². The summed E-state index contributed by atoms with van der Waals surface area (Å²) in [7, 11) is 1.58. The number of methoxy groups -OCH3 is 1. The molecule has 1 aromatic carbocycles. The van der Waals surface area contributed by atoms with Gasteiger partial charge in [0.1, 0.15) is 5.75 Å². The maximum atomic E-state index is 12.3. The molecule has 0 aliphatic carbocycles. The second-order valence-electron chi connectivity index (χ2n) is 4.56. The zero-order valence-electron chi connectivity index (χ0n) is 12.0. The van der Waals surface area contributed by atoms with Crippen molar-refractivity contribution in [2.75, 3.05) is 12.4 Å². The second-order valence-corrected chi connectivity index (χ2v) is 5.34.